The molecule has 5 nitrogen and oxygen atoms in total. The van der Waals surface area contributed by atoms with Crippen LogP contribution in [0.15, 0.2) is 96.2 Å². The van der Waals surface area contributed by atoms with Crippen LogP contribution < -0.4 is 0 Å². The third-order valence-corrected chi connectivity index (χ3v) is 3.92. The number of halogens is 2. The van der Waals surface area contributed by atoms with Gasteiger partial charge in [0, 0.05) is 11.8 Å². The standard InChI is InChI=1S/C23H25F2N3O2S.C2H6/c1-5-7-21(26-4)19(10-14-29-6-2)11-15-30-17-22-23(31)9-13-28(27-22)20(8-12-24)16-18(3)25;1-2/h5,7-16H,3-4,6,17H2,1-2H3;1-2H3/b7-5-,12-8+,14-10+,15-11+,20-16+,21-19+;. The normalized spacial score (nSPS) is 12.7. The van der Waals surface area contributed by atoms with Gasteiger partial charge in [0.1, 0.15) is 18.1 Å². The van der Waals surface area contributed by atoms with E-state index in [0.717, 1.165) is 17.7 Å². The molecule has 0 atom stereocenters. The van der Waals surface area contributed by atoms with Gasteiger partial charge in [-0.2, -0.15) is 5.10 Å². The fourth-order valence-corrected chi connectivity index (χ4v) is 2.36. The largest absolute Gasteiger partial charge is 0.501 e. The first-order valence-corrected chi connectivity index (χ1v) is 10.7. The van der Waals surface area contributed by atoms with Gasteiger partial charge in [-0.15, -0.1) is 0 Å². The Kier molecular flexibility index (Phi) is 16.3. The van der Waals surface area contributed by atoms with E-state index in [1.807, 2.05) is 33.8 Å². The Bertz CT molecular complexity index is 1000. The molecular weight excluding hydrogens is 444 g/mol. The third kappa shape index (κ3) is 11.7. The lowest BCUT2D eigenvalue weighted by atomic mass is 10.2. The molecule has 1 aromatic rings. The minimum absolute atomic E-state index is 0.0439. The van der Waals surface area contributed by atoms with Crippen molar-refractivity contribution < 1.29 is 18.3 Å². The molecule has 0 fully saturated rings. The zero-order valence-electron chi connectivity index (χ0n) is 19.5. The highest BCUT2D eigenvalue weighted by molar-refractivity contribution is 7.71. The molecule has 0 spiro atoms. The number of aliphatic imine (C=N–C) groups is 1. The Morgan fingerprint density at radius 3 is 2.42 bits per heavy atom. The van der Waals surface area contributed by atoms with E-state index in [9.17, 15) is 8.78 Å². The number of nitrogens with zero attached hydrogens (tertiary/aromatic N) is 3. The first-order chi connectivity index (χ1) is 16.0. The molecule has 8 heteroatoms. The van der Waals surface area contributed by atoms with E-state index in [1.165, 1.54) is 17.1 Å². The number of hydrogen-bond donors (Lipinski definition) is 0. The monoisotopic (exact) mass is 475 g/mol. The van der Waals surface area contributed by atoms with E-state index in [1.54, 1.807) is 30.6 Å². The second-order valence-electron chi connectivity index (χ2n) is 5.75. The summed E-state index contributed by atoms with van der Waals surface area (Å²) in [5.74, 6) is -0.738. The molecule has 0 N–H and O–H groups in total. The van der Waals surface area contributed by atoms with Crippen molar-refractivity contribution in [2.45, 2.75) is 34.3 Å². The molecule has 0 saturated heterocycles. The first-order valence-electron chi connectivity index (χ1n) is 10.3. The van der Waals surface area contributed by atoms with Gasteiger partial charge in [0.05, 0.1) is 41.4 Å². The van der Waals surface area contributed by atoms with E-state index in [-0.39, 0.29) is 18.6 Å². The number of hydrogen-bond acceptors (Lipinski definition) is 5. The molecule has 0 aliphatic carbocycles. The molecule has 0 unspecified atom stereocenters. The predicted octanol–water partition coefficient (Wildman–Crippen LogP) is 7.56. The van der Waals surface area contributed by atoms with Crippen LogP contribution in [0.2, 0.25) is 0 Å². The van der Waals surface area contributed by atoms with Crippen LogP contribution in [0.1, 0.15) is 33.4 Å². The summed E-state index contributed by atoms with van der Waals surface area (Å²) >= 11 is 5.26. The fraction of sp³-hybridized carbons (Fsp3) is 0.240. The van der Waals surface area contributed by atoms with Gasteiger partial charge in [-0.1, -0.05) is 38.7 Å². The quantitative estimate of drug-likeness (QED) is 0.135. The first kappa shape index (κ1) is 29.6. The van der Waals surface area contributed by atoms with Crippen LogP contribution in [-0.4, -0.2) is 23.1 Å². The average Bonchev–Trinajstić information content (AvgIpc) is 2.81. The summed E-state index contributed by atoms with van der Waals surface area (Å²) in [6.45, 7) is 15.1. The molecule has 0 amide bonds. The molecule has 0 saturated carbocycles. The highest BCUT2D eigenvalue weighted by Gasteiger charge is 2.04. The Morgan fingerprint density at radius 2 is 1.88 bits per heavy atom. The van der Waals surface area contributed by atoms with Crippen molar-refractivity contribution in [3.63, 3.8) is 0 Å². The SMILES string of the molecule is C=NC(/C=C\C)=C(\C=C\OCC)/C=C/OCc1nn(C(/C=C/F)=C/C(=C)F)ccc1=S.CC. The van der Waals surface area contributed by atoms with Gasteiger partial charge in [-0.05, 0) is 57.0 Å². The summed E-state index contributed by atoms with van der Waals surface area (Å²) in [4.78, 5) is 4.00. The average molecular weight is 476 g/mol. The lowest BCUT2D eigenvalue weighted by molar-refractivity contribution is 0.230. The van der Waals surface area contributed by atoms with Gasteiger partial charge in [0.2, 0.25) is 0 Å². The van der Waals surface area contributed by atoms with Crippen LogP contribution >= 0.6 is 12.2 Å². The molecule has 178 valence electrons. The van der Waals surface area contributed by atoms with Crippen molar-refractivity contribution in [1.29, 1.82) is 0 Å². The maximum absolute atomic E-state index is 13.2. The van der Waals surface area contributed by atoms with Gasteiger partial charge in [-0.25, -0.2) is 13.5 Å². The van der Waals surface area contributed by atoms with Gasteiger partial charge in [0.15, 0.2) is 0 Å². The van der Waals surface area contributed by atoms with E-state index in [0.29, 0.717) is 22.5 Å². The Hall–Kier alpha value is -3.39. The van der Waals surface area contributed by atoms with Crippen LogP contribution in [0.3, 0.4) is 0 Å². The topological polar surface area (TPSA) is 48.6 Å². The summed E-state index contributed by atoms with van der Waals surface area (Å²) in [6, 6.07) is 1.59. The van der Waals surface area contributed by atoms with E-state index in [2.05, 4.69) is 23.4 Å². The van der Waals surface area contributed by atoms with Gasteiger partial charge in [-0.3, -0.25) is 4.99 Å². The summed E-state index contributed by atoms with van der Waals surface area (Å²) < 4.78 is 38.3. The molecule has 0 aromatic carbocycles. The van der Waals surface area contributed by atoms with Crippen molar-refractivity contribution in [2.75, 3.05) is 6.61 Å². The highest BCUT2D eigenvalue weighted by atomic mass is 32.1. The van der Waals surface area contributed by atoms with Crippen LogP contribution in [0, 0.1) is 4.51 Å². The van der Waals surface area contributed by atoms with Gasteiger partial charge in [0.25, 0.3) is 0 Å². The Labute approximate surface area is 200 Å². The maximum Gasteiger partial charge on any atom is 0.133 e. The summed E-state index contributed by atoms with van der Waals surface area (Å²) in [7, 11) is 0. The minimum atomic E-state index is -0.738. The summed E-state index contributed by atoms with van der Waals surface area (Å²) in [5.41, 5.74) is 1.91. The maximum atomic E-state index is 13.2. The van der Waals surface area contributed by atoms with E-state index in [4.69, 9.17) is 21.7 Å². The number of aromatic nitrogens is 2. The Morgan fingerprint density at radius 1 is 1.21 bits per heavy atom. The van der Waals surface area contributed by atoms with Gasteiger partial charge < -0.3 is 9.47 Å². The lowest BCUT2D eigenvalue weighted by Gasteiger charge is -2.09. The molecular formula is C25H31F2N3O2S. The number of allylic oxidation sites excluding steroid dienone is 9. The van der Waals surface area contributed by atoms with Crippen molar-refractivity contribution in [3.8, 4) is 0 Å². The van der Waals surface area contributed by atoms with Crippen molar-refractivity contribution >= 4 is 24.6 Å². The van der Waals surface area contributed by atoms with Crippen molar-refractivity contribution in [3.05, 3.63) is 101 Å². The van der Waals surface area contributed by atoms with E-state index < -0.39 is 5.83 Å². The second kappa shape index (κ2) is 18.2. The van der Waals surface area contributed by atoms with Crippen LogP contribution in [0.4, 0.5) is 8.78 Å². The Balaban J connectivity index is 0.00000497. The van der Waals surface area contributed by atoms with E-state index >= 15 is 0 Å². The zero-order chi connectivity index (χ0) is 25.1. The third-order valence-electron chi connectivity index (χ3n) is 3.55. The number of ether oxygens (including phenoxy) is 2. The molecule has 1 rings (SSSR count). The van der Waals surface area contributed by atoms with Crippen LogP contribution in [0.25, 0.3) is 5.70 Å². The van der Waals surface area contributed by atoms with Gasteiger partial charge >= 0.3 is 0 Å². The highest BCUT2D eigenvalue weighted by Crippen LogP contribution is 2.14. The molecule has 0 aliphatic heterocycles. The summed E-state index contributed by atoms with van der Waals surface area (Å²) in [5, 5.41) is 4.28. The summed E-state index contributed by atoms with van der Waals surface area (Å²) in [6.07, 6.45) is 14.0. The molecule has 1 aromatic heterocycles. The lowest BCUT2D eigenvalue weighted by Crippen LogP contribution is -2.06. The van der Waals surface area contributed by atoms with Crippen LogP contribution in [-0.2, 0) is 16.1 Å². The number of rotatable bonds is 12. The molecule has 0 radical (unpaired) electrons. The second-order valence-corrected chi connectivity index (χ2v) is 6.19. The van der Waals surface area contributed by atoms with Crippen molar-refractivity contribution in [1.82, 2.24) is 9.78 Å². The molecule has 1 heterocycles. The predicted molar refractivity (Wildman–Crippen MR) is 135 cm³/mol. The minimum Gasteiger partial charge on any atom is -0.501 e. The van der Waals surface area contributed by atoms with Crippen LogP contribution in [0.5, 0.6) is 0 Å². The molecule has 0 aliphatic rings. The zero-order valence-corrected chi connectivity index (χ0v) is 20.3. The van der Waals surface area contributed by atoms with Crippen molar-refractivity contribution in [2.24, 2.45) is 4.99 Å². The smallest absolute Gasteiger partial charge is 0.133 e. The molecule has 0 bridgehead atoms. The fourth-order valence-electron chi connectivity index (χ4n) is 2.20. The molecule has 33 heavy (non-hydrogen) atoms.